The molecule has 0 radical (unpaired) electrons. The zero-order chi connectivity index (χ0) is 14.4. The molecule has 4 rings (SSSR count). The number of phenols is 1. The van der Waals surface area contributed by atoms with Crippen molar-refractivity contribution in [1.29, 1.82) is 0 Å². The van der Waals surface area contributed by atoms with Gasteiger partial charge in [0, 0.05) is 17.0 Å². The van der Waals surface area contributed by atoms with Gasteiger partial charge in [0.1, 0.15) is 0 Å². The summed E-state index contributed by atoms with van der Waals surface area (Å²) in [6.07, 6.45) is 11.2. The second-order valence-corrected chi connectivity index (χ2v) is 6.67. The molecule has 3 aliphatic rings. The minimum Gasteiger partial charge on any atom is -0.504 e. The van der Waals surface area contributed by atoms with Crippen molar-refractivity contribution in [2.75, 3.05) is 13.7 Å². The van der Waals surface area contributed by atoms with E-state index in [0.29, 0.717) is 17.5 Å². The Morgan fingerprint density at radius 1 is 1.33 bits per heavy atom. The fourth-order valence-electron chi connectivity index (χ4n) is 4.63. The normalized spacial score (nSPS) is 30.2. The molecule has 0 fully saturated rings. The molecule has 1 aromatic carbocycles. The molecule has 1 aromatic rings. The summed E-state index contributed by atoms with van der Waals surface area (Å²) < 4.78 is 5.46. The quantitative estimate of drug-likeness (QED) is 0.777. The molecule has 1 heterocycles. The second-order valence-electron chi connectivity index (χ2n) is 6.67. The van der Waals surface area contributed by atoms with Crippen molar-refractivity contribution in [2.45, 2.75) is 50.0 Å². The Bertz CT molecular complexity index is 608. The number of benzene rings is 1. The van der Waals surface area contributed by atoms with Gasteiger partial charge in [0.2, 0.25) is 0 Å². The van der Waals surface area contributed by atoms with E-state index in [9.17, 15) is 5.11 Å². The van der Waals surface area contributed by atoms with Crippen molar-refractivity contribution in [3.05, 3.63) is 34.9 Å². The van der Waals surface area contributed by atoms with Gasteiger partial charge in [0.15, 0.2) is 11.5 Å². The minimum absolute atomic E-state index is 0.118. The third-order valence-electron chi connectivity index (χ3n) is 5.65. The molecule has 0 aromatic heterocycles. The van der Waals surface area contributed by atoms with E-state index in [1.807, 2.05) is 0 Å². The van der Waals surface area contributed by atoms with Gasteiger partial charge in [-0.15, -0.1) is 0 Å². The van der Waals surface area contributed by atoms with Crippen molar-refractivity contribution in [1.82, 2.24) is 5.32 Å². The first-order valence-electron chi connectivity index (χ1n) is 8.07. The number of aromatic hydroxyl groups is 1. The summed E-state index contributed by atoms with van der Waals surface area (Å²) in [5, 5.41) is 14.5. The maximum Gasteiger partial charge on any atom is 0.161 e. The first-order chi connectivity index (χ1) is 10.2. The predicted octanol–water partition coefficient (Wildman–Crippen LogP) is 3.36. The lowest BCUT2D eigenvalue weighted by molar-refractivity contribution is 0.268. The molecule has 0 bridgehead atoms. The van der Waals surface area contributed by atoms with Gasteiger partial charge in [0.05, 0.1) is 7.11 Å². The number of ether oxygens (including phenoxy) is 1. The van der Waals surface area contributed by atoms with Crippen LogP contribution in [-0.2, 0) is 11.8 Å². The van der Waals surface area contributed by atoms with Gasteiger partial charge < -0.3 is 15.2 Å². The van der Waals surface area contributed by atoms with Gasteiger partial charge in [-0.3, -0.25) is 0 Å². The SMILES string of the molecule is COc1cc2c3c(c1O)C1(CC=CCC1)CCC3NCC2. The summed E-state index contributed by atoms with van der Waals surface area (Å²) in [5.74, 6) is 1.04. The van der Waals surface area contributed by atoms with Crippen molar-refractivity contribution in [3.63, 3.8) is 0 Å². The molecule has 0 amide bonds. The minimum atomic E-state index is 0.118. The molecule has 2 unspecified atom stereocenters. The highest BCUT2D eigenvalue weighted by Crippen LogP contribution is 2.55. The smallest absolute Gasteiger partial charge is 0.161 e. The van der Waals surface area contributed by atoms with E-state index >= 15 is 0 Å². The lowest BCUT2D eigenvalue weighted by Gasteiger charge is -2.46. The number of rotatable bonds is 1. The standard InChI is InChI=1S/C18H23NO2/c1-21-14-11-12-6-10-19-13-5-9-18(7-3-2-4-8-18)16(15(12)13)17(14)20/h2-3,11,13,19-20H,4-10H2,1H3. The maximum atomic E-state index is 10.8. The molecule has 0 saturated heterocycles. The summed E-state index contributed by atoms with van der Waals surface area (Å²) in [4.78, 5) is 0. The Hall–Kier alpha value is -1.48. The zero-order valence-electron chi connectivity index (χ0n) is 12.6. The summed E-state index contributed by atoms with van der Waals surface area (Å²) in [6.45, 7) is 1.03. The van der Waals surface area contributed by atoms with Crippen LogP contribution in [0.2, 0.25) is 0 Å². The van der Waals surface area contributed by atoms with Gasteiger partial charge in [-0.05, 0) is 62.3 Å². The van der Waals surface area contributed by atoms with Crippen LogP contribution in [0, 0.1) is 0 Å². The number of allylic oxidation sites excluding steroid dienone is 2. The molecule has 0 saturated carbocycles. The van der Waals surface area contributed by atoms with E-state index in [1.54, 1.807) is 7.11 Å². The summed E-state index contributed by atoms with van der Waals surface area (Å²) in [6, 6.07) is 2.47. The van der Waals surface area contributed by atoms with Crippen LogP contribution in [0.15, 0.2) is 18.2 Å². The maximum absolute atomic E-state index is 10.8. The number of hydrogen-bond donors (Lipinski definition) is 2. The lowest BCUT2D eigenvalue weighted by Crippen LogP contribution is -2.41. The molecule has 2 aliphatic carbocycles. The topological polar surface area (TPSA) is 41.5 Å². The molecular formula is C18H23NO2. The fourth-order valence-corrected chi connectivity index (χ4v) is 4.63. The Kier molecular flexibility index (Phi) is 3.00. The van der Waals surface area contributed by atoms with E-state index in [1.165, 1.54) is 23.1 Å². The molecule has 1 spiro atoms. The monoisotopic (exact) mass is 285 g/mol. The van der Waals surface area contributed by atoms with Crippen LogP contribution in [-0.4, -0.2) is 18.8 Å². The molecule has 3 heteroatoms. The van der Waals surface area contributed by atoms with Crippen LogP contribution in [0.4, 0.5) is 0 Å². The van der Waals surface area contributed by atoms with E-state index in [4.69, 9.17) is 4.74 Å². The van der Waals surface area contributed by atoms with Gasteiger partial charge in [-0.2, -0.15) is 0 Å². The first kappa shape index (κ1) is 13.2. The Labute approximate surface area is 126 Å². The average Bonchev–Trinajstić information content (AvgIpc) is 2.53. The van der Waals surface area contributed by atoms with E-state index < -0.39 is 0 Å². The van der Waals surface area contributed by atoms with Gasteiger partial charge in [-0.1, -0.05) is 12.2 Å². The Balaban J connectivity index is 1.98. The summed E-state index contributed by atoms with van der Waals surface area (Å²) in [5.41, 5.74) is 4.05. The summed E-state index contributed by atoms with van der Waals surface area (Å²) in [7, 11) is 1.66. The van der Waals surface area contributed by atoms with Crippen molar-refractivity contribution < 1.29 is 9.84 Å². The number of phenolic OH excluding ortho intramolecular Hbond substituents is 1. The number of hydrogen-bond acceptors (Lipinski definition) is 3. The van der Waals surface area contributed by atoms with Gasteiger partial charge in [0.25, 0.3) is 0 Å². The van der Waals surface area contributed by atoms with Crippen LogP contribution in [0.5, 0.6) is 11.5 Å². The van der Waals surface area contributed by atoms with Crippen LogP contribution in [0.1, 0.15) is 54.8 Å². The second kappa shape index (κ2) is 4.77. The number of nitrogens with one attached hydrogen (secondary N) is 1. The highest BCUT2D eigenvalue weighted by atomic mass is 16.5. The third kappa shape index (κ3) is 1.83. The largest absolute Gasteiger partial charge is 0.504 e. The van der Waals surface area contributed by atoms with E-state index in [2.05, 4.69) is 23.5 Å². The zero-order valence-corrected chi connectivity index (χ0v) is 12.6. The highest BCUT2D eigenvalue weighted by Gasteiger charge is 2.44. The van der Waals surface area contributed by atoms with Crippen LogP contribution in [0.3, 0.4) is 0 Å². The average molecular weight is 285 g/mol. The summed E-state index contributed by atoms with van der Waals surface area (Å²) >= 11 is 0. The molecule has 2 N–H and O–H groups in total. The van der Waals surface area contributed by atoms with Gasteiger partial charge >= 0.3 is 0 Å². The molecule has 3 nitrogen and oxygen atoms in total. The molecule has 112 valence electrons. The number of methoxy groups -OCH3 is 1. The van der Waals surface area contributed by atoms with Gasteiger partial charge in [-0.25, -0.2) is 0 Å². The highest BCUT2D eigenvalue weighted by molar-refractivity contribution is 5.60. The fraction of sp³-hybridized carbons (Fsp3) is 0.556. The van der Waals surface area contributed by atoms with Crippen molar-refractivity contribution in [3.8, 4) is 11.5 Å². The first-order valence-corrected chi connectivity index (χ1v) is 8.07. The van der Waals surface area contributed by atoms with Crippen LogP contribution >= 0.6 is 0 Å². The van der Waals surface area contributed by atoms with Crippen molar-refractivity contribution >= 4 is 0 Å². The Morgan fingerprint density at radius 3 is 3.00 bits per heavy atom. The molecule has 21 heavy (non-hydrogen) atoms. The number of fused-ring (bicyclic) bond motifs is 1. The Morgan fingerprint density at radius 2 is 2.24 bits per heavy atom. The van der Waals surface area contributed by atoms with Crippen molar-refractivity contribution in [2.24, 2.45) is 0 Å². The van der Waals surface area contributed by atoms with Crippen LogP contribution in [0.25, 0.3) is 0 Å². The predicted molar refractivity (Wildman–Crippen MR) is 83.0 cm³/mol. The van der Waals surface area contributed by atoms with Crippen LogP contribution < -0.4 is 10.1 Å². The van der Waals surface area contributed by atoms with E-state index in [-0.39, 0.29) is 5.41 Å². The molecular weight excluding hydrogens is 262 g/mol. The molecule has 2 atom stereocenters. The lowest BCUT2D eigenvalue weighted by atomic mass is 9.61. The third-order valence-corrected chi connectivity index (χ3v) is 5.65. The molecule has 1 aliphatic heterocycles. The van der Waals surface area contributed by atoms with E-state index in [0.717, 1.165) is 38.6 Å².